The number of benzene rings is 1. The first kappa shape index (κ1) is 21.3. The minimum atomic E-state index is -0.256. The van der Waals surface area contributed by atoms with E-state index in [1.54, 1.807) is 6.07 Å². The molecule has 0 amide bonds. The monoisotopic (exact) mass is 438 g/mol. The number of fused-ring (bicyclic) bond motifs is 1. The van der Waals surface area contributed by atoms with Gasteiger partial charge in [0.2, 0.25) is 0 Å². The first-order chi connectivity index (χ1) is 15.6. The molecule has 0 spiro atoms. The lowest BCUT2D eigenvalue weighted by Crippen LogP contribution is -2.50. The average Bonchev–Trinajstić information content (AvgIpc) is 3.23. The molecule has 2 fully saturated rings. The Morgan fingerprint density at radius 1 is 0.938 bits per heavy atom. The van der Waals surface area contributed by atoms with Crippen LogP contribution in [-0.4, -0.2) is 90.0 Å². The van der Waals surface area contributed by atoms with Gasteiger partial charge in [-0.2, -0.15) is 9.61 Å². The van der Waals surface area contributed by atoms with Crippen molar-refractivity contribution >= 4 is 11.5 Å². The van der Waals surface area contributed by atoms with Crippen LogP contribution in [0, 0.1) is 19.7 Å². The zero-order chi connectivity index (χ0) is 22.1. The molecule has 0 saturated carbocycles. The van der Waals surface area contributed by atoms with Gasteiger partial charge in [-0.15, -0.1) is 0 Å². The molecule has 0 bridgehead atoms. The molecule has 0 N–H and O–H groups in total. The summed E-state index contributed by atoms with van der Waals surface area (Å²) in [5, 5.41) is 4.83. The number of morpholine rings is 1. The lowest BCUT2D eigenvalue weighted by molar-refractivity contribution is 0.0331. The number of hydrogen-bond acceptors (Lipinski definition) is 6. The molecule has 0 atom stereocenters. The number of nitrogens with zero attached hydrogens (tertiary/aromatic N) is 6. The molecule has 0 unspecified atom stereocenters. The van der Waals surface area contributed by atoms with Crippen LogP contribution in [0.25, 0.3) is 16.9 Å². The van der Waals surface area contributed by atoms with Gasteiger partial charge in [0.15, 0.2) is 5.65 Å². The Hall–Kier alpha value is -2.55. The van der Waals surface area contributed by atoms with Crippen molar-refractivity contribution in [3.63, 3.8) is 0 Å². The normalized spacial score (nSPS) is 18.5. The third kappa shape index (κ3) is 4.35. The van der Waals surface area contributed by atoms with E-state index in [0.29, 0.717) is 0 Å². The molecule has 0 radical (unpaired) electrons. The molecule has 3 aromatic rings. The summed E-state index contributed by atoms with van der Waals surface area (Å²) < 4.78 is 21.1. The highest BCUT2D eigenvalue weighted by Gasteiger charge is 2.23. The highest BCUT2D eigenvalue weighted by Crippen LogP contribution is 2.28. The van der Waals surface area contributed by atoms with Gasteiger partial charge in [-0.25, -0.2) is 9.37 Å². The number of aromatic nitrogens is 3. The summed E-state index contributed by atoms with van der Waals surface area (Å²) in [5.74, 6) is 0.844. The van der Waals surface area contributed by atoms with Crippen molar-refractivity contribution in [3.05, 3.63) is 47.4 Å². The van der Waals surface area contributed by atoms with Gasteiger partial charge in [0.05, 0.1) is 18.9 Å². The molecular weight excluding hydrogens is 407 g/mol. The number of hydrogen-bond donors (Lipinski definition) is 0. The third-order valence-corrected chi connectivity index (χ3v) is 6.68. The van der Waals surface area contributed by atoms with Crippen LogP contribution < -0.4 is 4.90 Å². The second-order valence-corrected chi connectivity index (χ2v) is 8.74. The van der Waals surface area contributed by atoms with Gasteiger partial charge >= 0.3 is 0 Å². The number of piperazine rings is 1. The molecule has 4 heterocycles. The number of aryl methyl sites for hydroxylation is 1. The third-order valence-electron chi connectivity index (χ3n) is 6.68. The highest BCUT2D eigenvalue weighted by atomic mass is 19.1. The SMILES string of the molecule is Cc1nc2cc(-c3cccc(F)c3)nn2c(N2CCN(CCN3CCOCC3)CC2)c1C. The maximum absolute atomic E-state index is 13.8. The van der Waals surface area contributed by atoms with Crippen LogP contribution in [-0.2, 0) is 4.74 Å². The highest BCUT2D eigenvalue weighted by molar-refractivity contribution is 5.67. The Morgan fingerprint density at radius 3 is 2.38 bits per heavy atom. The molecule has 1 aromatic carbocycles. The van der Waals surface area contributed by atoms with Gasteiger partial charge in [-0.05, 0) is 26.0 Å². The molecular formula is C24H31FN6O. The van der Waals surface area contributed by atoms with Crippen molar-refractivity contribution < 1.29 is 9.13 Å². The van der Waals surface area contributed by atoms with Crippen LogP contribution in [0.15, 0.2) is 30.3 Å². The molecule has 0 aliphatic carbocycles. The smallest absolute Gasteiger partial charge is 0.158 e. The molecule has 7 nitrogen and oxygen atoms in total. The Labute approximate surface area is 188 Å². The van der Waals surface area contributed by atoms with E-state index >= 15 is 0 Å². The molecule has 2 aliphatic heterocycles. The van der Waals surface area contributed by atoms with Crippen LogP contribution in [0.3, 0.4) is 0 Å². The fourth-order valence-electron chi connectivity index (χ4n) is 4.63. The van der Waals surface area contributed by atoms with E-state index in [-0.39, 0.29) is 5.82 Å². The second kappa shape index (κ2) is 9.13. The summed E-state index contributed by atoms with van der Waals surface area (Å²) in [7, 11) is 0. The van der Waals surface area contributed by atoms with Crippen LogP contribution in [0.1, 0.15) is 11.3 Å². The minimum absolute atomic E-state index is 0.256. The first-order valence-electron chi connectivity index (χ1n) is 11.5. The van der Waals surface area contributed by atoms with Gasteiger partial charge < -0.3 is 9.64 Å². The fourth-order valence-corrected chi connectivity index (χ4v) is 4.63. The summed E-state index contributed by atoms with van der Waals surface area (Å²) in [4.78, 5) is 12.2. The number of ether oxygens (including phenoxy) is 1. The summed E-state index contributed by atoms with van der Waals surface area (Å²) >= 11 is 0. The molecule has 170 valence electrons. The van der Waals surface area contributed by atoms with Crippen molar-refractivity contribution in [2.75, 3.05) is 70.5 Å². The summed E-state index contributed by atoms with van der Waals surface area (Å²) in [6, 6.07) is 8.53. The largest absolute Gasteiger partial charge is 0.379 e. The van der Waals surface area contributed by atoms with Crippen LogP contribution in [0.5, 0.6) is 0 Å². The van der Waals surface area contributed by atoms with Gasteiger partial charge in [0, 0.05) is 75.2 Å². The fraction of sp³-hybridized carbons (Fsp3) is 0.500. The van der Waals surface area contributed by atoms with Gasteiger partial charge in [0.25, 0.3) is 0 Å². The summed E-state index contributed by atoms with van der Waals surface area (Å²) in [5.41, 5.74) is 4.47. The summed E-state index contributed by atoms with van der Waals surface area (Å²) in [6.07, 6.45) is 0. The maximum atomic E-state index is 13.8. The first-order valence-corrected chi connectivity index (χ1v) is 11.5. The number of anilines is 1. The quantitative estimate of drug-likeness (QED) is 0.610. The topological polar surface area (TPSA) is 49.1 Å². The minimum Gasteiger partial charge on any atom is -0.379 e. The molecule has 2 saturated heterocycles. The van der Waals surface area contributed by atoms with Gasteiger partial charge in [0.1, 0.15) is 11.6 Å². The second-order valence-electron chi connectivity index (χ2n) is 8.74. The zero-order valence-electron chi connectivity index (χ0n) is 18.9. The van der Waals surface area contributed by atoms with E-state index in [2.05, 4.69) is 21.6 Å². The Kier molecular flexibility index (Phi) is 6.08. The van der Waals surface area contributed by atoms with E-state index in [1.165, 1.54) is 12.1 Å². The van der Waals surface area contributed by atoms with Crippen molar-refractivity contribution in [3.8, 4) is 11.3 Å². The van der Waals surface area contributed by atoms with Crippen molar-refractivity contribution in [1.29, 1.82) is 0 Å². The standard InChI is InChI=1S/C24H31FN6O/c1-18-19(2)26-23-17-22(20-4-3-5-21(25)16-20)27-31(23)24(18)30-10-8-28(9-11-30)6-7-29-12-14-32-15-13-29/h3-5,16-17H,6-15H2,1-2H3. The number of halogens is 1. The van der Waals surface area contributed by atoms with Gasteiger partial charge in [-0.3, -0.25) is 9.80 Å². The van der Waals surface area contributed by atoms with E-state index in [1.807, 2.05) is 23.6 Å². The van der Waals surface area contributed by atoms with E-state index in [4.69, 9.17) is 14.8 Å². The molecule has 8 heteroatoms. The van der Waals surface area contributed by atoms with Gasteiger partial charge in [-0.1, -0.05) is 12.1 Å². The van der Waals surface area contributed by atoms with Crippen LogP contribution in [0.2, 0.25) is 0 Å². The maximum Gasteiger partial charge on any atom is 0.158 e. The zero-order valence-corrected chi connectivity index (χ0v) is 18.9. The van der Waals surface area contributed by atoms with E-state index in [0.717, 1.165) is 99.6 Å². The van der Waals surface area contributed by atoms with Crippen molar-refractivity contribution in [2.45, 2.75) is 13.8 Å². The predicted octanol–water partition coefficient (Wildman–Crippen LogP) is 2.61. The Morgan fingerprint density at radius 2 is 1.66 bits per heavy atom. The van der Waals surface area contributed by atoms with Crippen molar-refractivity contribution in [2.24, 2.45) is 0 Å². The van der Waals surface area contributed by atoms with E-state index < -0.39 is 0 Å². The Bertz CT molecular complexity index is 1090. The van der Waals surface area contributed by atoms with Crippen LogP contribution in [0.4, 0.5) is 10.2 Å². The molecule has 5 rings (SSSR count). The Balaban J connectivity index is 1.34. The molecule has 2 aliphatic rings. The van der Waals surface area contributed by atoms with Crippen molar-refractivity contribution in [1.82, 2.24) is 24.4 Å². The summed E-state index contributed by atoms with van der Waals surface area (Å²) in [6.45, 7) is 14.1. The molecule has 32 heavy (non-hydrogen) atoms. The lowest BCUT2D eigenvalue weighted by Gasteiger charge is -2.38. The predicted molar refractivity (Wildman–Crippen MR) is 124 cm³/mol. The van der Waals surface area contributed by atoms with Crippen LogP contribution >= 0.6 is 0 Å². The molecule has 2 aromatic heterocycles. The number of rotatable bonds is 5. The average molecular weight is 439 g/mol. The lowest BCUT2D eigenvalue weighted by atomic mass is 10.1. The van der Waals surface area contributed by atoms with E-state index in [9.17, 15) is 4.39 Å².